The maximum Gasteiger partial charge on any atom is 0.472 e. The third-order valence-corrected chi connectivity index (χ3v) is 12.9. The van der Waals surface area contributed by atoms with E-state index in [0.29, 0.717) is 19.3 Å². The standard InChI is InChI=1S/C45H90NO11P/c1-3-5-7-9-11-13-15-17-19-20-21-23-25-27-29-31-33-35-39(48)46-37(36-56-58(54,55)57-45-43(52)41(50)40(49)42(51)44(45)53)38(47)34-32-30-28-26-24-22-18-16-14-12-10-8-6-4-2/h37-38,40-45,47,49-53H,3-36H2,1-2H3,(H,46,48)(H,54,55)/t37-,38+,40?,41+,42?,43?,44?,45?/m0/s1. The van der Waals surface area contributed by atoms with E-state index >= 15 is 0 Å². The highest BCUT2D eigenvalue weighted by atomic mass is 31.2. The fourth-order valence-corrected chi connectivity index (χ4v) is 8.93. The van der Waals surface area contributed by atoms with Crippen LogP contribution in [0.25, 0.3) is 0 Å². The number of aliphatic hydroxyl groups excluding tert-OH is 6. The van der Waals surface area contributed by atoms with Crippen molar-refractivity contribution >= 4 is 13.7 Å². The van der Waals surface area contributed by atoms with Crippen molar-refractivity contribution in [3.8, 4) is 0 Å². The van der Waals surface area contributed by atoms with Gasteiger partial charge < -0.3 is 40.8 Å². The van der Waals surface area contributed by atoms with E-state index in [2.05, 4.69) is 19.2 Å². The summed E-state index contributed by atoms with van der Waals surface area (Å²) < 4.78 is 23.0. The number of phosphoric ester groups is 1. The molecule has 0 aliphatic heterocycles. The average molecular weight is 852 g/mol. The maximum atomic E-state index is 13.0. The van der Waals surface area contributed by atoms with Gasteiger partial charge >= 0.3 is 7.82 Å². The molecule has 1 amide bonds. The first-order valence-electron chi connectivity index (χ1n) is 24.0. The highest BCUT2D eigenvalue weighted by molar-refractivity contribution is 7.47. The quantitative estimate of drug-likeness (QED) is 0.0216. The molecule has 0 aromatic heterocycles. The largest absolute Gasteiger partial charge is 0.472 e. The Balaban J connectivity index is 2.44. The molecule has 1 fully saturated rings. The minimum atomic E-state index is -5.05. The number of nitrogens with one attached hydrogen (secondary N) is 1. The molecule has 0 bridgehead atoms. The van der Waals surface area contributed by atoms with Gasteiger partial charge in [0.25, 0.3) is 0 Å². The molecule has 1 aliphatic rings. The number of phosphoric acid groups is 1. The molecule has 346 valence electrons. The molecule has 9 atom stereocenters. The van der Waals surface area contributed by atoms with Crippen LogP contribution in [0.15, 0.2) is 0 Å². The summed E-state index contributed by atoms with van der Waals surface area (Å²) >= 11 is 0. The maximum absolute atomic E-state index is 13.0. The lowest BCUT2D eigenvalue weighted by Crippen LogP contribution is -2.64. The minimum absolute atomic E-state index is 0.243. The predicted molar refractivity (Wildman–Crippen MR) is 232 cm³/mol. The zero-order valence-electron chi connectivity index (χ0n) is 36.9. The first-order chi connectivity index (χ1) is 27.9. The van der Waals surface area contributed by atoms with Crippen LogP contribution >= 0.6 is 7.82 Å². The van der Waals surface area contributed by atoms with E-state index < -0.39 is 63.2 Å². The molecular weight excluding hydrogens is 761 g/mol. The van der Waals surface area contributed by atoms with Crippen molar-refractivity contribution in [1.29, 1.82) is 0 Å². The topological polar surface area (TPSA) is 206 Å². The van der Waals surface area contributed by atoms with Gasteiger partial charge in [-0.25, -0.2) is 4.57 Å². The van der Waals surface area contributed by atoms with Crippen molar-refractivity contribution in [2.45, 2.75) is 275 Å². The van der Waals surface area contributed by atoms with Crippen molar-refractivity contribution in [2.24, 2.45) is 0 Å². The molecule has 13 heteroatoms. The van der Waals surface area contributed by atoms with E-state index in [-0.39, 0.29) is 12.3 Å². The van der Waals surface area contributed by atoms with Crippen molar-refractivity contribution in [3.63, 3.8) is 0 Å². The number of carbonyl (C=O) groups excluding carboxylic acids is 1. The van der Waals surface area contributed by atoms with E-state index in [9.17, 15) is 44.9 Å². The average Bonchev–Trinajstić information content (AvgIpc) is 3.20. The van der Waals surface area contributed by atoms with Gasteiger partial charge in [0, 0.05) is 6.42 Å². The normalized spacial score (nSPS) is 23.1. The van der Waals surface area contributed by atoms with Crippen molar-refractivity contribution in [2.75, 3.05) is 6.61 Å². The van der Waals surface area contributed by atoms with E-state index in [4.69, 9.17) is 9.05 Å². The van der Waals surface area contributed by atoms with Crippen LogP contribution in [0.4, 0.5) is 0 Å². The minimum Gasteiger partial charge on any atom is -0.391 e. The van der Waals surface area contributed by atoms with Gasteiger partial charge in [-0.2, -0.15) is 0 Å². The number of amides is 1. The summed E-state index contributed by atoms with van der Waals surface area (Å²) in [6.45, 7) is 3.90. The molecule has 1 rings (SSSR count). The van der Waals surface area contributed by atoms with Crippen molar-refractivity contribution < 1.29 is 53.9 Å². The fraction of sp³-hybridized carbons (Fsp3) is 0.978. The molecule has 6 unspecified atom stereocenters. The Bertz CT molecular complexity index is 994. The van der Waals surface area contributed by atoms with Gasteiger partial charge in [0.1, 0.15) is 36.6 Å². The zero-order valence-corrected chi connectivity index (χ0v) is 37.8. The monoisotopic (exact) mass is 852 g/mol. The molecule has 0 aromatic carbocycles. The molecule has 58 heavy (non-hydrogen) atoms. The van der Waals surface area contributed by atoms with Crippen LogP contribution < -0.4 is 5.32 Å². The van der Waals surface area contributed by atoms with E-state index in [1.807, 2.05) is 0 Å². The third-order valence-electron chi connectivity index (χ3n) is 11.9. The highest BCUT2D eigenvalue weighted by Gasteiger charge is 2.51. The number of rotatable bonds is 40. The lowest BCUT2D eigenvalue weighted by Gasteiger charge is -2.41. The summed E-state index contributed by atoms with van der Waals surface area (Å²) in [4.78, 5) is 23.4. The number of carbonyl (C=O) groups is 1. The van der Waals surface area contributed by atoms with Gasteiger partial charge in [-0.15, -0.1) is 0 Å². The Hall–Kier alpha value is -0.660. The SMILES string of the molecule is CCCCCCCCCCCCCCCCCCCC(=O)N[C@@H](COP(=O)(O)OC1C(O)C(O)C(O)[C@@H](O)C1O)[C@H](O)CCCCCCCCCCCCCCCC. The summed E-state index contributed by atoms with van der Waals surface area (Å²) in [6, 6.07) is -1.02. The highest BCUT2D eigenvalue weighted by Crippen LogP contribution is 2.47. The summed E-state index contributed by atoms with van der Waals surface area (Å²) in [7, 11) is -5.05. The summed E-state index contributed by atoms with van der Waals surface area (Å²) in [5.74, 6) is -0.304. The molecule has 8 N–H and O–H groups in total. The van der Waals surface area contributed by atoms with Gasteiger partial charge in [0.15, 0.2) is 0 Å². The molecule has 0 heterocycles. The molecular formula is C45H90NO11P. The van der Waals surface area contributed by atoms with Crippen LogP contribution in [0.5, 0.6) is 0 Å². The van der Waals surface area contributed by atoms with Crippen LogP contribution in [0, 0.1) is 0 Å². The smallest absolute Gasteiger partial charge is 0.391 e. The molecule has 0 aromatic rings. The van der Waals surface area contributed by atoms with E-state index in [0.717, 1.165) is 38.5 Å². The molecule has 1 saturated carbocycles. The first-order valence-corrected chi connectivity index (χ1v) is 25.5. The Kier molecular flexibility index (Phi) is 34.3. The Morgan fingerprint density at radius 3 is 1.19 bits per heavy atom. The second-order valence-electron chi connectivity index (χ2n) is 17.3. The molecule has 0 saturated heterocycles. The molecule has 1 aliphatic carbocycles. The number of unbranched alkanes of at least 4 members (excludes halogenated alkanes) is 29. The lowest BCUT2D eigenvalue weighted by molar-refractivity contribution is -0.220. The second-order valence-corrected chi connectivity index (χ2v) is 18.7. The predicted octanol–water partition coefficient (Wildman–Crippen LogP) is 9.07. The van der Waals surface area contributed by atoms with Crippen LogP contribution in [0.1, 0.15) is 226 Å². The van der Waals surface area contributed by atoms with Gasteiger partial charge in [-0.1, -0.05) is 206 Å². The van der Waals surface area contributed by atoms with E-state index in [1.165, 1.54) is 148 Å². The summed E-state index contributed by atoms with van der Waals surface area (Å²) in [5, 5.41) is 64.1. The van der Waals surface area contributed by atoms with Gasteiger partial charge in [-0.05, 0) is 12.8 Å². The van der Waals surface area contributed by atoms with Crippen molar-refractivity contribution in [3.05, 3.63) is 0 Å². The number of hydrogen-bond donors (Lipinski definition) is 8. The summed E-state index contributed by atoms with van der Waals surface area (Å²) in [6.07, 6.45) is 25.6. The first kappa shape index (κ1) is 55.4. The van der Waals surface area contributed by atoms with Crippen molar-refractivity contribution in [1.82, 2.24) is 5.32 Å². The molecule has 0 spiro atoms. The van der Waals surface area contributed by atoms with Gasteiger partial charge in [0.05, 0.1) is 18.8 Å². The third kappa shape index (κ3) is 27.3. The Labute approximate surface area is 353 Å². The second kappa shape index (κ2) is 35.9. The Morgan fingerprint density at radius 2 is 0.828 bits per heavy atom. The van der Waals surface area contributed by atoms with Crippen LogP contribution in [-0.2, 0) is 18.4 Å². The Morgan fingerprint density at radius 1 is 0.517 bits per heavy atom. The van der Waals surface area contributed by atoms with Gasteiger partial charge in [0.2, 0.25) is 5.91 Å². The molecule has 12 nitrogen and oxygen atoms in total. The fourth-order valence-electron chi connectivity index (χ4n) is 7.97. The van der Waals surface area contributed by atoms with Crippen LogP contribution in [0.2, 0.25) is 0 Å². The number of aliphatic hydroxyl groups is 6. The molecule has 0 radical (unpaired) electrons. The van der Waals surface area contributed by atoms with Crippen LogP contribution in [-0.4, -0.2) is 96.8 Å². The lowest BCUT2D eigenvalue weighted by atomic mass is 9.85. The number of hydrogen-bond acceptors (Lipinski definition) is 10. The van der Waals surface area contributed by atoms with Crippen LogP contribution in [0.3, 0.4) is 0 Å². The summed E-state index contributed by atoms with van der Waals surface area (Å²) in [5.41, 5.74) is 0. The van der Waals surface area contributed by atoms with Gasteiger partial charge in [-0.3, -0.25) is 13.8 Å². The van der Waals surface area contributed by atoms with E-state index in [1.54, 1.807) is 0 Å². The zero-order chi connectivity index (χ0) is 42.9.